The maximum Gasteiger partial charge on any atom is 0.410 e. The Morgan fingerprint density at radius 1 is 1.20 bits per heavy atom. The molecule has 0 saturated carbocycles. The number of ether oxygens (including phenoxy) is 2. The summed E-state index contributed by atoms with van der Waals surface area (Å²) in [6.45, 7) is 6.99. The second-order valence-corrected chi connectivity index (χ2v) is 8.06. The molecular weight excluding hydrogens is 316 g/mol. The number of piperidine rings is 1. The molecule has 0 bridgehead atoms. The van der Waals surface area contributed by atoms with Crippen molar-refractivity contribution in [3.63, 3.8) is 0 Å². The molecular formula is C20H26N2O3. The first kappa shape index (κ1) is 16.3. The van der Waals surface area contributed by atoms with Crippen molar-refractivity contribution < 1.29 is 14.3 Å². The van der Waals surface area contributed by atoms with Gasteiger partial charge >= 0.3 is 6.09 Å². The van der Waals surface area contributed by atoms with Gasteiger partial charge in [0.2, 0.25) is 0 Å². The van der Waals surface area contributed by atoms with Crippen molar-refractivity contribution in [2.24, 2.45) is 0 Å². The van der Waals surface area contributed by atoms with Gasteiger partial charge in [-0.2, -0.15) is 0 Å². The summed E-state index contributed by atoms with van der Waals surface area (Å²) in [6.07, 6.45) is 9.97. The van der Waals surface area contributed by atoms with E-state index in [1.54, 1.807) is 4.90 Å². The average molecular weight is 342 g/mol. The lowest BCUT2D eigenvalue weighted by atomic mass is 9.86. The Kier molecular flexibility index (Phi) is 3.71. The highest BCUT2D eigenvalue weighted by atomic mass is 16.6. The summed E-state index contributed by atoms with van der Waals surface area (Å²) < 4.78 is 14.3. The highest BCUT2D eigenvalue weighted by Crippen LogP contribution is 2.46. The molecule has 134 valence electrons. The highest BCUT2D eigenvalue weighted by molar-refractivity contribution is 5.69. The van der Waals surface area contributed by atoms with Crippen molar-refractivity contribution >= 4 is 11.8 Å². The van der Waals surface area contributed by atoms with Gasteiger partial charge in [-0.3, -0.25) is 0 Å². The number of aromatic nitrogens is 1. The molecule has 1 saturated heterocycles. The average Bonchev–Trinajstić information content (AvgIpc) is 3.05. The van der Waals surface area contributed by atoms with Crippen LogP contribution >= 0.6 is 0 Å². The first-order chi connectivity index (χ1) is 11.9. The van der Waals surface area contributed by atoms with E-state index in [1.165, 1.54) is 5.69 Å². The Morgan fingerprint density at radius 2 is 1.92 bits per heavy atom. The van der Waals surface area contributed by atoms with Crippen LogP contribution < -0.4 is 0 Å². The van der Waals surface area contributed by atoms with Crippen LogP contribution in [0.25, 0.3) is 5.70 Å². The van der Waals surface area contributed by atoms with Gasteiger partial charge in [0.15, 0.2) is 5.60 Å². The number of amides is 1. The number of hydrogen-bond acceptors (Lipinski definition) is 3. The molecule has 1 aliphatic carbocycles. The van der Waals surface area contributed by atoms with Crippen molar-refractivity contribution in [2.45, 2.75) is 57.7 Å². The number of allylic oxidation sites excluding steroid dienone is 3. The van der Waals surface area contributed by atoms with Crippen LogP contribution in [0.1, 0.15) is 52.1 Å². The molecule has 5 heteroatoms. The van der Waals surface area contributed by atoms with Crippen LogP contribution in [0.4, 0.5) is 4.79 Å². The van der Waals surface area contributed by atoms with Crippen molar-refractivity contribution in [2.75, 3.05) is 13.1 Å². The number of likely N-dealkylation sites (tertiary alicyclic amines) is 1. The third kappa shape index (κ3) is 2.86. The molecule has 5 nitrogen and oxygen atoms in total. The molecule has 0 radical (unpaired) electrons. The lowest BCUT2D eigenvalue weighted by Gasteiger charge is -2.46. The van der Waals surface area contributed by atoms with Crippen LogP contribution in [-0.2, 0) is 15.1 Å². The van der Waals surface area contributed by atoms with Crippen LogP contribution in [0.2, 0.25) is 0 Å². The normalized spacial score (nSPS) is 21.6. The Hall–Kier alpha value is -2.17. The molecule has 3 heterocycles. The third-order valence-electron chi connectivity index (χ3n) is 5.09. The zero-order valence-electron chi connectivity index (χ0n) is 15.2. The number of nitrogens with zero attached hydrogens (tertiary/aromatic N) is 2. The molecule has 0 aromatic carbocycles. The molecule has 1 amide bonds. The summed E-state index contributed by atoms with van der Waals surface area (Å²) in [6, 6.07) is 4.23. The summed E-state index contributed by atoms with van der Waals surface area (Å²) in [5.74, 6) is 0.987. The van der Waals surface area contributed by atoms with E-state index in [1.807, 2.05) is 20.8 Å². The first-order valence-electron chi connectivity index (χ1n) is 9.14. The minimum Gasteiger partial charge on any atom is -0.479 e. The summed E-state index contributed by atoms with van der Waals surface area (Å²) in [5.41, 5.74) is 1.55. The lowest BCUT2D eigenvalue weighted by molar-refractivity contribution is -0.0622. The second-order valence-electron chi connectivity index (χ2n) is 8.06. The molecule has 1 aromatic rings. The van der Waals surface area contributed by atoms with Crippen molar-refractivity contribution in [3.8, 4) is 0 Å². The molecule has 0 unspecified atom stereocenters. The highest BCUT2D eigenvalue weighted by Gasteiger charge is 2.46. The molecule has 2 aliphatic heterocycles. The fraction of sp³-hybridized carbons (Fsp3) is 0.550. The van der Waals surface area contributed by atoms with Gasteiger partial charge in [-0.1, -0.05) is 6.08 Å². The standard InChI is InChI=1S/C20H26N2O3/c1-19(2,3)25-18(23)21-13-10-20(11-14-21)17-9-6-12-22(17)15-7-4-5-8-16(15)24-20/h6-9,12H,4-5,10-11,13-14H2,1-3H3. The molecule has 1 fully saturated rings. The molecule has 1 spiro atoms. The molecule has 4 rings (SSSR count). The topological polar surface area (TPSA) is 43.7 Å². The Balaban J connectivity index is 1.56. The molecule has 0 N–H and O–H groups in total. The van der Waals surface area contributed by atoms with Gasteiger partial charge in [-0.15, -0.1) is 0 Å². The smallest absolute Gasteiger partial charge is 0.410 e. The molecule has 25 heavy (non-hydrogen) atoms. The summed E-state index contributed by atoms with van der Waals surface area (Å²) in [7, 11) is 0. The van der Waals surface area contributed by atoms with Gasteiger partial charge in [0, 0.05) is 32.1 Å². The number of fused-ring (bicyclic) bond motifs is 4. The number of carbonyl (C=O) groups is 1. The molecule has 0 atom stereocenters. The predicted octanol–water partition coefficient (Wildman–Crippen LogP) is 4.26. The monoisotopic (exact) mass is 342 g/mol. The quantitative estimate of drug-likeness (QED) is 0.707. The summed E-state index contributed by atoms with van der Waals surface area (Å²) in [4.78, 5) is 14.1. The van der Waals surface area contributed by atoms with E-state index in [9.17, 15) is 4.79 Å². The zero-order chi connectivity index (χ0) is 17.7. The largest absolute Gasteiger partial charge is 0.479 e. The minimum atomic E-state index is -0.463. The number of rotatable bonds is 0. The zero-order valence-corrected chi connectivity index (χ0v) is 15.2. The summed E-state index contributed by atoms with van der Waals surface area (Å²) in [5, 5.41) is 0. The third-order valence-corrected chi connectivity index (χ3v) is 5.09. The Bertz CT molecular complexity index is 743. The fourth-order valence-electron chi connectivity index (χ4n) is 3.91. The van der Waals surface area contributed by atoms with Crippen LogP contribution in [0, 0.1) is 0 Å². The van der Waals surface area contributed by atoms with Gasteiger partial charge in [-0.05, 0) is 51.8 Å². The van der Waals surface area contributed by atoms with Gasteiger partial charge < -0.3 is 18.9 Å². The Labute approximate surface area is 148 Å². The first-order valence-corrected chi connectivity index (χ1v) is 9.14. The van der Waals surface area contributed by atoms with Crippen LogP contribution in [-0.4, -0.2) is 34.3 Å². The van der Waals surface area contributed by atoms with E-state index in [2.05, 4.69) is 35.0 Å². The van der Waals surface area contributed by atoms with E-state index in [-0.39, 0.29) is 11.7 Å². The van der Waals surface area contributed by atoms with Gasteiger partial charge in [0.25, 0.3) is 0 Å². The molecule has 3 aliphatic rings. The van der Waals surface area contributed by atoms with Gasteiger partial charge in [0.05, 0.1) is 11.4 Å². The van der Waals surface area contributed by atoms with Crippen LogP contribution in [0.3, 0.4) is 0 Å². The van der Waals surface area contributed by atoms with Crippen molar-refractivity contribution in [1.29, 1.82) is 0 Å². The second kappa shape index (κ2) is 5.68. The van der Waals surface area contributed by atoms with Crippen molar-refractivity contribution in [1.82, 2.24) is 9.47 Å². The maximum absolute atomic E-state index is 12.3. The van der Waals surface area contributed by atoms with E-state index in [0.29, 0.717) is 13.1 Å². The van der Waals surface area contributed by atoms with E-state index in [0.717, 1.165) is 37.1 Å². The van der Waals surface area contributed by atoms with E-state index in [4.69, 9.17) is 9.47 Å². The summed E-state index contributed by atoms with van der Waals surface area (Å²) >= 11 is 0. The van der Waals surface area contributed by atoms with Crippen molar-refractivity contribution in [3.05, 3.63) is 41.9 Å². The van der Waals surface area contributed by atoms with Crippen LogP contribution in [0.5, 0.6) is 0 Å². The van der Waals surface area contributed by atoms with Crippen LogP contribution in [0.15, 0.2) is 36.2 Å². The molecule has 1 aromatic heterocycles. The predicted molar refractivity (Wildman–Crippen MR) is 95.8 cm³/mol. The lowest BCUT2D eigenvalue weighted by Crippen LogP contribution is -2.49. The minimum absolute atomic E-state index is 0.231. The van der Waals surface area contributed by atoms with E-state index >= 15 is 0 Å². The number of carbonyl (C=O) groups excluding carboxylic acids is 1. The van der Waals surface area contributed by atoms with Gasteiger partial charge in [0.1, 0.15) is 11.4 Å². The SMILES string of the molecule is CC(C)(C)OC(=O)N1CCC2(CC1)OC1=CCCC=C1n1cccc12. The fourth-order valence-corrected chi connectivity index (χ4v) is 3.91. The maximum atomic E-state index is 12.3. The van der Waals surface area contributed by atoms with E-state index < -0.39 is 5.60 Å². The number of hydrogen-bond donors (Lipinski definition) is 0. The van der Waals surface area contributed by atoms with Gasteiger partial charge in [-0.25, -0.2) is 4.79 Å². The Morgan fingerprint density at radius 3 is 2.64 bits per heavy atom.